The van der Waals surface area contributed by atoms with Gasteiger partial charge in [-0.25, -0.2) is 9.78 Å². The summed E-state index contributed by atoms with van der Waals surface area (Å²) in [7, 11) is 2.13. The van der Waals surface area contributed by atoms with Crippen molar-refractivity contribution >= 4 is 29.1 Å². The first-order valence-corrected chi connectivity index (χ1v) is 13.5. The van der Waals surface area contributed by atoms with Crippen molar-refractivity contribution in [2.75, 3.05) is 29.5 Å². The summed E-state index contributed by atoms with van der Waals surface area (Å²) in [6, 6.07) is 16.4. The van der Waals surface area contributed by atoms with E-state index < -0.39 is 0 Å². The van der Waals surface area contributed by atoms with Gasteiger partial charge in [0.05, 0.1) is 11.2 Å². The van der Waals surface area contributed by atoms with Crippen LogP contribution >= 0.6 is 0 Å². The van der Waals surface area contributed by atoms with Crippen molar-refractivity contribution in [3.8, 4) is 22.8 Å². The van der Waals surface area contributed by atoms with E-state index in [1.54, 1.807) is 42.6 Å². The zero-order valence-corrected chi connectivity index (χ0v) is 24.0. The molecule has 1 aliphatic heterocycles. The Morgan fingerprint density at radius 2 is 1.71 bits per heavy atom. The van der Waals surface area contributed by atoms with E-state index in [9.17, 15) is 9.59 Å². The van der Waals surface area contributed by atoms with Crippen molar-refractivity contribution in [3.63, 3.8) is 0 Å². The van der Waals surface area contributed by atoms with Crippen LogP contribution in [-0.2, 0) is 23.3 Å². The number of amides is 3. The number of benzene rings is 2. The fraction of sp³-hybridized carbons (Fsp3) is 0.290. The number of anilines is 3. The van der Waals surface area contributed by atoms with Crippen molar-refractivity contribution in [1.82, 2.24) is 19.7 Å². The summed E-state index contributed by atoms with van der Waals surface area (Å²) >= 11 is 0. The second kappa shape index (κ2) is 11.4. The molecule has 3 heterocycles. The number of ether oxygens (including phenoxy) is 1. The minimum absolute atomic E-state index is 0.211. The van der Waals surface area contributed by atoms with E-state index in [-0.39, 0.29) is 17.5 Å². The monoisotopic (exact) mass is 553 g/mol. The third kappa shape index (κ3) is 6.90. The summed E-state index contributed by atoms with van der Waals surface area (Å²) in [6.07, 6.45) is 4.46. The van der Waals surface area contributed by atoms with Gasteiger partial charge in [-0.3, -0.25) is 9.48 Å². The molecule has 5 rings (SSSR count). The van der Waals surface area contributed by atoms with Gasteiger partial charge >= 0.3 is 6.03 Å². The van der Waals surface area contributed by atoms with Gasteiger partial charge in [0.1, 0.15) is 23.0 Å². The summed E-state index contributed by atoms with van der Waals surface area (Å²) < 4.78 is 7.75. The molecule has 0 fully saturated rings. The van der Waals surface area contributed by atoms with Crippen LogP contribution in [0, 0.1) is 0 Å². The Labute approximate surface area is 239 Å². The lowest BCUT2D eigenvalue weighted by molar-refractivity contribution is -0.114. The molecule has 0 aliphatic carbocycles. The van der Waals surface area contributed by atoms with Crippen LogP contribution in [-0.4, -0.2) is 45.2 Å². The summed E-state index contributed by atoms with van der Waals surface area (Å²) in [4.78, 5) is 30.7. The van der Waals surface area contributed by atoms with E-state index in [1.807, 2.05) is 10.9 Å². The van der Waals surface area contributed by atoms with Crippen molar-refractivity contribution < 1.29 is 14.3 Å². The first-order valence-electron chi connectivity index (χ1n) is 13.5. The Hall–Kier alpha value is -4.70. The lowest BCUT2D eigenvalue weighted by Crippen LogP contribution is -2.26. The molecule has 1 aliphatic rings. The van der Waals surface area contributed by atoms with E-state index in [1.165, 1.54) is 18.1 Å². The van der Waals surface area contributed by atoms with Gasteiger partial charge in [-0.1, -0.05) is 12.1 Å². The van der Waals surface area contributed by atoms with Crippen LogP contribution in [0.15, 0.2) is 67.0 Å². The van der Waals surface area contributed by atoms with Gasteiger partial charge in [-0.05, 0) is 81.8 Å². The van der Waals surface area contributed by atoms with Gasteiger partial charge in [-0.15, -0.1) is 0 Å². The first kappa shape index (κ1) is 27.9. The molecule has 3 N–H and O–H groups in total. The number of fused-ring (bicyclic) bond motifs is 1. The Morgan fingerprint density at radius 1 is 0.927 bits per heavy atom. The minimum Gasteiger partial charge on any atom is -0.457 e. The maximum absolute atomic E-state index is 13.1. The molecule has 0 bridgehead atoms. The molecular formula is C31H35N7O3. The molecule has 0 unspecified atom stereocenters. The smallest absolute Gasteiger partial charge is 0.323 e. The average Bonchev–Trinajstić information content (AvgIpc) is 3.33. The van der Waals surface area contributed by atoms with E-state index >= 15 is 0 Å². The first-order chi connectivity index (χ1) is 19.5. The number of carbonyl (C=O) groups is 2. The van der Waals surface area contributed by atoms with Gasteiger partial charge in [0.2, 0.25) is 5.91 Å². The second-order valence-electron chi connectivity index (χ2n) is 11.2. The molecular weight excluding hydrogens is 518 g/mol. The van der Waals surface area contributed by atoms with E-state index in [0.717, 1.165) is 30.8 Å². The molecule has 212 valence electrons. The molecule has 41 heavy (non-hydrogen) atoms. The average molecular weight is 554 g/mol. The molecule has 0 radical (unpaired) electrons. The van der Waals surface area contributed by atoms with E-state index in [0.29, 0.717) is 28.7 Å². The maximum atomic E-state index is 13.1. The highest BCUT2D eigenvalue weighted by Crippen LogP contribution is 2.32. The topological polar surface area (TPSA) is 113 Å². The molecule has 0 atom stereocenters. The maximum Gasteiger partial charge on any atom is 0.323 e. The number of carbonyl (C=O) groups excluding carboxylic acids is 2. The third-order valence-electron chi connectivity index (χ3n) is 6.72. The normalized spacial score (nSPS) is 13.3. The van der Waals surface area contributed by atoms with E-state index in [4.69, 9.17) is 9.84 Å². The Kier molecular flexibility index (Phi) is 7.76. The zero-order valence-electron chi connectivity index (χ0n) is 24.0. The number of likely N-dealkylation sites (N-methyl/N-ethyl adjacent to an activating group) is 1. The molecule has 0 spiro atoms. The Morgan fingerprint density at radius 3 is 2.44 bits per heavy atom. The van der Waals surface area contributed by atoms with Crippen LogP contribution in [0.3, 0.4) is 0 Å². The SMILES string of the molecule is CC(=O)Nc1cc(Oc2ccc(NC(=O)Nc3cn(C(C)(C)C)nc3-c3ccc4c(c3)CN(C)CC4)cc2)ccn1. The molecule has 0 saturated carbocycles. The van der Waals surface area contributed by atoms with Crippen molar-refractivity contribution in [2.24, 2.45) is 0 Å². The predicted octanol–water partition coefficient (Wildman–Crippen LogP) is 6.08. The number of nitrogens with one attached hydrogen (secondary N) is 3. The van der Waals surface area contributed by atoms with Crippen molar-refractivity contribution in [2.45, 2.75) is 46.2 Å². The summed E-state index contributed by atoms with van der Waals surface area (Å²) in [5.74, 6) is 1.29. The molecule has 2 aromatic carbocycles. The third-order valence-corrected chi connectivity index (χ3v) is 6.72. The largest absolute Gasteiger partial charge is 0.457 e. The van der Waals surface area contributed by atoms with Crippen LogP contribution in [0.2, 0.25) is 0 Å². The molecule has 0 saturated heterocycles. The molecule has 10 nitrogen and oxygen atoms in total. The highest BCUT2D eigenvalue weighted by atomic mass is 16.5. The van der Waals surface area contributed by atoms with Gasteiger partial charge in [0.25, 0.3) is 0 Å². The molecule has 4 aromatic rings. The van der Waals surface area contributed by atoms with Gasteiger partial charge in [0.15, 0.2) is 0 Å². The summed E-state index contributed by atoms with van der Waals surface area (Å²) in [5, 5.41) is 13.4. The summed E-state index contributed by atoms with van der Waals surface area (Å²) in [6.45, 7) is 9.59. The van der Waals surface area contributed by atoms with Gasteiger partial charge < -0.3 is 25.6 Å². The number of nitrogens with zero attached hydrogens (tertiary/aromatic N) is 4. The fourth-order valence-electron chi connectivity index (χ4n) is 4.62. The molecule has 3 amide bonds. The molecule has 2 aromatic heterocycles. The number of urea groups is 1. The van der Waals surface area contributed by atoms with Crippen LogP contribution in [0.4, 0.5) is 22.0 Å². The quantitative estimate of drug-likeness (QED) is 0.267. The number of hydrogen-bond acceptors (Lipinski definition) is 6. The summed E-state index contributed by atoms with van der Waals surface area (Å²) in [5.41, 5.74) is 5.32. The van der Waals surface area contributed by atoms with Crippen molar-refractivity contribution in [1.29, 1.82) is 0 Å². The number of pyridine rings is 1. The lowest BCUT2D eigenvalue weighted by Gasteiger charge is -2.25. The van der Waals surface area contributed by atoms with Crippen LogP contribution in [0.5, 0.6) is 11.5 Å². The van der Waals surface area contributed by atoms with Gasteiger partial charge in [-0.2, -0.15) is 5.10 Å². The van der Waals surface area contributed by atoms with Crippen LogP contribution in [0.25, 0.3) is 11.3 Å². The highest BCUT2D eigenvalue weighted by Gasteiger charge is 2.22. The highest BCUT2D eigenvalue weighted by molar-refractivity contribution is 6.01. The van der Waals surface area contributed by atoms with Crippen molar-refractivity contribution in [3.05, 3.63) is 78.1 Å². The number of aromatic nitrogens is 3. The minimum atomic E-state index is -0.375. The standard InChI is InChI=1S/C31H35N7O3/c1-20(39)33-28-17-26(12-14-32-28)41-25-10-8-24(9-11-25)34-30(40)35-27-19-38(31(2,3)4)36-29(27)22-7-6-21-13-15-37(5)18-23(21)16-22/h6-12,14,16-17,19H,13,15,18H2,1-5H3,(H,32,33,39)(H2,34,35,40). The van der Waals surface area contributed by atoms with E-state index in [2.05, 4.69) is 71.9 Å². The van der Waals surface area contributed by atoms with Crippen LogP contribution < -0.4 is 20.7 Å². The second-order valence-corrected chi connectivity index (χ2v) is 11.2. The van der Waals surface area contributed by atoms with Gasteiger partial charge in [0, 0.05) is 49.7 Å². The Balaban J connectivity index is 1.30. The number of rotatable bonds is 6. The van der Waals surface area contributed by atoms with Crippen LogP contribution in [0.1, 0.15) is 38.8 Å². The lowest BCUT2D eigenvalue weighted by atomic mass is 9.96. The predicted molar refractivity (Wildman–Crippen MR) is 160 cm³/mol. The number of hydrogen-bond donors (Lipinski definition) is 3. The fourth-order valence-corrected chi connectivity index (χ4v) is 4.62. The molecule has 10 heteroatoms. The Bertz CT molecular complexity index is 1570. The zero-order chi connectivity index (χ0) is 29.1.